The van der Waals surface area contributed by atoms with E-state index < -0.39 is 10.0 Å². The van der Waals surface area contributed by atoms with Crippen molar-refractivity contribution in [1.82, 2.24) is 0 Å². The van der Waals surface area contributed by atoms with Crippen LogP contribution in [0.1, 0.15) is 5.56 Å². The van der Waals surface area contributed by atoms with Crippen LogP contribution in [-0.4, -0.2) is 22.5 Å². The van der Waals surface area contributed by atoms with E-state index in [2.05, 4.69) is 0 Å². The first kappa shape index (κ1) is 11.0. The van der Waals surface area contributed by atoms with Gasteiger partial charge in [0.15, 0.2) is 0 Å². The van der Waals surface area contributed by atoms with Gasteiger partial charge in [0.05, 0.1) is 5.75 Å². The molecule has 1 aromatic rings. The lowest BCUT2D eigenvalue weighted by Gasteiger charge is -2.13. The Kier molecular flexibility index (Phi) is 3.13. The van der Waals surface area contributed by atoms with Gasteiger partial charge in [-0.1, -0.05) is 12.1 Å². The molecule has 0 unspecified atom stereocenters. The van der Waals surface area contributed by atoms with Gasteiger partial charge in [-0.2, -0.15) is 0 Å². The molecule has 0 spiro atoms. The number of sulfonamides is 1. The van der Waals surface area contributed by atoms with Crippen LogP contribution >= 0.6 is 0 Å². The summed E-state index contributed by atoms with van der Waals surface area (Å²) in [6.07, 6.45) is 0. The number of benzene rings is 1. The Balaban J connectivity index is 2.95. The second-order valence-corrected chi connectivity index (χ2v) is 4.99. The fraction of sp³-hybridized carbons (Fsp3) is 0.333. The van der Waals surface area contributed by atoms with Gasteiger partial charge in [-0.05, 0) is 17.7 Å². The van der Waals surface area contributed by atoms with Crippen LogP contribution in [-0.2, 0) is 15.8 Å². The van der Waals surface area contributed by atoms with Crippen LogP contribution in [0, 0.1) is 0 Å². The van der Waals surface area contributed by atoms with Crippen molar-refractivity contribution in [2.75, 3.05) is 19.0 Å². The van der Waals surface area contributed by atoms with E-state index in [-0.39, 0.29) is 5.75 Å². The fourth-order valence-corrected chi connectivity index (χ4v) is 1.80. The van der Waals surface area contributed by atoms with Crippen LogP contribution < -0.4 is 10.0 Å². The predicted octanol–water partition coefficient (Wildman–Crippen LogP) is 0.541. The first-order valence-electron chi connectivity index (χ1n) is 4.15. The molecule has 14 heavy (non-hydrogen) atoms. The zero-order valence-electron chi connectivity index (χ0n) is 8.27. The third-order valence-corrected chi connectivity index (χ3v) is 2.53. The average molecular weight is 214 g/mol. The normalized spacial score (nSPS) is 11.4. The summed E-state index contributed by atoms with van der Waals surface area (Å²) in [6.45, 7) is 0. The lowest BCUT2D eigenvalue weighted by atomic mass is 10.2. The highest BCUT2D eigenvalue weighted by Crippen LogP contribution is 2.14. The molecule has 5 heteroatoms. The van der Waals surface area contributed by atoms with E-state index in [0.29, 0.717) is 5.56 Å². The molecule has 0 bridgehead atoms. The quantitative estimate of drug-likeness (QED) is 0.798. The van der Waals surface area contributed by atoms with Crippen LogP contribution in [0.2, 0.25) is 0 Å². The Hall–Kier alpha value is -1.07. The highest BCUT2D eigenvalue weighted by atomic mass is 32.2. The van der Waals surface area contributed by atoms with E-state index in [4.69, 9.17) is 5.14 Å². The summed E-state index contributed by atoms with van der Waals surface area (Å²) in [7, 11) is 0.360. The van der Waals surface area contributed by atoms with Crippen molar-refractivity contribution in [2.24, 2.45) is 5.14 Å². The van der Waals surface area contributed by atoms with E-state index in [1.165, 1.54) is 0 Å². The Morgan fingerprint density at radius 3 is 2.50 bits per heavy atom. The number of nitrogens with two attached hydrogens (primary N) is 1. The molecule has 78 valence electrons. The smallest absolute Gasteiger partial charge is 0.213 e. The molecule has 0 aliphatic rings. The first-order valence-corrected chi connectivity index (χ1v) is 5.87. The maximum Gasteiger partial charge on any atom is 0.213 e. The summed E-state index contributed by atoms with van der Waals surface area (Å²) >= 11 is 0. The van der Waals surface area contributed by atoms with E-state index in [9.17, 15) is 8.42 Å². The number of primary sulfonamides is 1. The molecule has 0 amide bonds. The number of hydrogen-bond acceptors (Lipinski definition) is 3. The van der Waals surface area contributed by atoms with Crippen molar-refractivity contribution in [3.8, 4) is 0 Å². The maximum atomic E-state index is 10.8. The molecule has 0 fully saturated rings. The molecule has 0 atom stereocenters. The van der Waals surface area contributed by atoms with Crippen molar-refractivity contribution in [3.63, 3.8) is 0 Å². The van der Waals surface area contributed by atoms with Crippen LogP contribution in [0.3, 0.4) is 0 Å². The number of nitrogens with zero attached hydrogens (tertiary/aromatic N) is 1. The molecule has 0 heterocycles. The Morgan fingerprint density at radius 1 is 1.36 bits per heavy atom. The standard InChI is InChI=1S/C9H14N2O2S/c1-11(2)9-5-3-4-8(6-9)7-14(10,12)13/h3-6H,7H2,1-2H3,(H2,10,12,13). The SMILES string of the molecule is CN(C)c1cccc(CS(N)(=O)=O)c1. The number of hydrogen-bond donors (Lipinski definition) is 1. The molecule has 0 radical (unpaired) electrons. The van der Waals surface area contributed by atoms with Crippen molar-refractivity contribution >= 4 is 15.7 Å². The predicted molar refractivity (Wildman–Crippen MR) is 57.6 cm³/mol. The minimum absolute atomic E-state index is 0.116. The van der Waals surface area contributed by atoms with Crippen LogP contribution in [0.4, 0.5) is 5.69 Å². The maximum absolute atomic E-state index is 10.8. The van der Waals surface area contributed by atoms with Gasteiger partial charge in [0.25, 0.3) is 0 Å². The van der Waals surface area contributed by atoms with E-state index >= 15 is 0 Å². The molecule has 0 saturated heterocycles. The first-order chi connectivity index (χ1) is 6.38. The third kappa shape index (κ3) is 3.35. The number of anilines is 1. The molecular weight excluding hydrogens is 200 g/mol. The Morgan fingerprint density at radius 2 is 2.00 bits per heavy atom. The minimum atomic E-state index is -3.44. The van der Waals surface area contributed by atoms with Gasteiger partial charge in [0.1, 0.15) is 0 Å². The summed E-state index contributed by atoms with van der Waals surface area (Å²) in [5.74, 6) is -0.116. The molecule has 0 aromatic heterocycles. The van der Waals surface area contributed by atoms with E-state index in [0.717, 1.165) is 5.69 Å². The monoisotopic (exact) mass is 214 g/mol. The second-order valence-electron chi connectivity index (χ2n) is 3.37. The largest absolute Gasteiger partial charge is 0.378 e. The van der Waals surface area contributed by atoms with E-state index in [1.54, 1.807) is 6.07 Å². The fourth-order valence-electron chi connectivity index (χ4n) is 1.16. The Bertz CT molecular complexity index is 413. The molecule has 4 nitrogen and oxygen atoms in total. The molecule has 1 rings (SSSR count). The van der Waals surface area contributed by atoms with Gasteiger partial charge in [-0.3, -0.25) is 0 Å². The topological polar surface area (TPSA) is 63.4 Å². The molecular formula is C9H14N2O2S. The minimum Gasteiger partial charge on any atom is -0.378 e. The summed E-state index contributed by atoms with van der Waals surface area (Å²) in [5, 5.41) is 4.95. The lowest BCUT2D eigenvalue weighted by molar-refractivity contribution is 0.597. The van der Waals surface area contributed by atoms with Gasteiger partial charge >= 0.3 is 0 Å². The highest BCUT2D eigenvalue weighted by molar-refractivity contribution is 7.88. The molecule has 2 N–H and O–H groups in total. The van der Waals surface area contributed by atoms with Crippen molar-refractivity contribution in [2.45, 2.75) is 5.75 Å². The number of rotatable bonds is 3. The van der Waals surface area contributed by atoms with Crippen LogP contribution in [0.5, 0.6) is 0 Å². The highest BCUT2D eigenvalue weighted by Gasteiger charge is 2.05. The molecule has 0 aliphatic carbocycles. The summed E-state index contributed by atoms with van der Waals surface area (Å²) in [6, 6.07) is 7.28. The van der Waals surface area contributed by atoms with Gasteiger partial charge in [-0.25, -0.2) is 13.6 Å². The summed E-state index contributed by atoms with van der Waals surface area (Å²) in [5.41, 5.74) is 1.67. The van der Waals surface area contributed by atoms with Crippen molar-refractivity contribution in [1.29, 1.82) is 0 Å². The summed E-state index contributed by atoms with van der Waals surface area (Å²) in [4.78, 5) is 1.91. The zero-order valence-corrected chi connectivity index (χ0v) is 9.08. The van der Waals surface area contributed by atoms with Gasteiger partial charge < -0.3 is 4.90 Å². The molecule has 1 aromatic carbocycles. The van der Waals surface area contributed by atoms with E-state index in [1.807, 2.05) is 37.2 Å². The molecule has 0 aliphatic heterocycles. The van der Waals surface area contributed by atoms with Gasteiger partial charge in [0.2, 0.25) is 10.0 Å². The van der Waals surface area contributed by atoms with Crippen molar-refractivity contribution < 1.29 is 8.42 Å². The third-order valence-electron chi connectivity index (χ3n) is 1.79. The summed E-state index contributed by atoms with van der Waals surface area (Å²) < 4.78 is 21.7. The van der Waals surface area contributed by atoms with Crippen LogP contribution in [0.15, 0.2) is 24.3 Å². The van der Waals surface area contributed by atoms with Crippen molar-refractivity contribution in [3.05, 3.63) is 29.8 Å². The lowest BCUT2D eigenvalue weighted by Crippen LogP contribution is -2.15. The average Bonchev–Trinajstić information content (AvgIpc) is 2.01. The Labute approximate surface area is 84.4 Å². The van der Waals surface area contributed by atoms with Crippen LogP contribution in [0.25, 0.3) is 0 Å². The van der Waals surface area contributed by atoms with Gasteiger partial charge in [-0.15, -0.1) is 0 Å². The second kappa shape index (κ2) is 3.98. The molecule has 0 saturated carbocycles. The zero-order chi connectivity index (χ0) is 10.8. The van der Waals surface area contributed by atoms with Gasteiger partial charge in [0, 0.05) is 19.8 Å².